The maximum atomic E-state index is 10.5. The zero-order valence-electron chi connectivity index (χ0n) is 18.1. The molecule has 1 fully saturated rings. The van der Waals surface area contributed by atoms with Crippen LogP contribution in [0.3, 0.4) is 0 Å². The molecule has 0 saturated heterocycles. The van der Waals surface area contributed by atoms with Crippen molar-refractivity contribution in [3.63, 3.8) is 0 Å². The third kappa shape index (κ3) is 9.05. The number of carboxylic acids is 1. The Morgan fingerprint density at radius 1 is 0.871 bits per heavy atom. The summed E-state index contributed by atoms with van der Waals surface area (Å²) in [4.78, 5) is 12.9. The van der Waals surface area contributed by atoms with Gasteiger partial charge in [-0.3, -0.25) is 4.90 Å². The first-order chi connectivity index (χ1) is 15.2. The third-order valence-electron chi connectivity index (χ3n) is 5.57. The molecule has 0 atom stereocenters. The number of benzene rings is 2. The summed E-state index contributed by atoms with van der Waals surface area (Å²) in [6, 6.07) is 21.1. The third-order valence-corrected chi connectivity index (χ3v) is 5.57. The van der Waals surface area contributed by atoms with Crippen molar-refractivity contribution in [3.8, 4) is 0 Å². The maximum absolute atomic E-state index is 10.5. The molecule has 5 nitrogen and oxygen atoms in total. The van der Waals surface area contributed by atoms with Crippen molar-refractivity contribution in [1.82, 2.24) is 4.90 Å². The second-order valence-corrected chi connectivity index (χ2v) is 8.03. The first-order valence-electron chi connectivity index (χ1n) is 11.1. The van der Waals surface area contributed by atoms with Crippen molar-refractivity contribution in [1.29, 1.82) is 0 Å². The van der Waals surface area contributed by atoms with Gasteiger partial charge < -0.3 is 14.6 Å². The summed E-state index contributed by atoms with van der Waals surface area (Å²) < 4.78 is 11.9. The summed E-state index contributed by atoms with van der Waals surface area (Å²) >= 11 is 0. The van der Waals surface area contributed by atoms with Gasteiger partial charge in [0.1, 0.15) is 0 Å². The molecule has 1 aliphatic carbocycles. The molecule has 31 heavy (non-hydrogen) atoms. The molecule has 5 heteroatoms. The highest BCUT2D eigenvalue weighted by Gasteiger charge is 2.22. The first kappa shape index (κ1) is 23.2. The van der Waals surface area contributed by atoms with Gasteiger partial charge in [0.15, 0.2) is 0 Å². The molecule has 1 saturated carbocycles. The summed E-state index contributed by atoms with van der Waals surface area (Å²) in [5, 5.41) is 8.61. The Balaban J connectivity index is 1.40. The van der Waals surface area contributed by atoms with Crippen LogP contribution in [0.25, 0.3) is 0 Å². The lowest BCUT2D eigenvalue weighted by molar-refractivity contribution is -0.131. The topological polar surface area (TPSA) is 59.0 Å². The predicted molar refractivity (Wildman–Crippen MR) is 122 cm³/mol. The molecular weight excluding hydrogens is 390 g/mol. The van der Waals surface area contributed by atoms with Crippen LogP contribution in [0, 0.1) is 0 Å². The van der Waals surface area contributed by atoms with Gasteiger partial charge in [0.25, 0.3) is 0 Å². The second kappa shape index (κ2) is 13.1. The number of hydrogen-bond acceptors (Lipinski definition) is 4. The largest absolute Gasteiger partial charge is 0.478 e. The van der Waals surface area contributed by atoms with E-state index in [2.05, 4.69) is 65.6 Å². The van der Waals surface area contributed by atoms with E-state index in [0.717, 1.165) is 58.0 Å². The lowest BCUT2D eigenvalue weighted by Gasteiger charge is -2.29. The number of rotatable bonds is 12. The molecule has 2 aromatic rings. The zero-order chi connectivity index (χ0) is 21.7. The highest BCUT2D eigenvalue weighted by Crippen LogP contribution is 2.23. The normalized spacial score (nSPS) is 19.1. The Bertz CT molecular complexity index is 744. The molecule has 1 aliphatic rings. The fourth-order valence-electron chi connectivity index (χ4n) is 3.95. The predicted octanol–water partition coefficient (Wildman–Crippen LogP) is 4.67. The molecule has 0 bridgehead atoms. The SMILES string of the molecule is O=C(O)/C=C\COC1CCC(OCCN(Cc2ccccc2)Cc2ccccc2)CC1. The standard InChI is InChI=1S/C26H33NO4/c28-26(29)12-7-18-30-24-13-15-25(16-14-24)31-19-17-27(20-22-8-3-1-4-9-22)21-23-10-5-2-6-11-23/h1-12,24-25H,13-21H2,(H,28,29)/b12-7-. The van der Waals surface area contributed by atoms with Crippen molar-refractivity contribution in [3.05, 3.63) is 83.9 Å². The summed E-state index contributed by atoms with van der Waals surface area (Å²) in [6.07, 6.45) is 7.07. The molecular formula is C26H33NO4. The van der Waals surface area contributed by atoms with E-state index in [-0.39, 0.29) is 12.2 Å². The summed E-state index contributed by atoms with van der Waals surface area (Å²) in [5.74, 6) is -0.936. The molecule has 166 valence electrons. The Morgan fingerprint density at radius 2 is 1.39 bits per heavy atom. The van der Waals surface area contributed by atoms with Crippen LogP contribution in [-0.4, -0.2) is 47.9 Å². The summed E-state index contributed by atoms with van der Waals surface area (Å²) in [5.41, 5.74) is 2.63. The number of ether oxygens (including phenoxy) is 2. The van der Waals surface area contributed by atoms with Gasteiger partial charge in [0.05, 0.1) is 25.4 Å². The quantitative estimate of drug-likeness (QED) is 0.503. The van der Waals surface area contributed by atoms with Crippen LogP contribution in [0.1, 0.15) is 36.8 Å². The molecule has 1 N–H and O–H groups in total. The van der Waals surface area contributed by atoms with Crippen LogP contribution >= 0.6 is 0 Å². The van der Waals surface area contributed by atoms with Gasteiger partial charge in [-0.05, 0) is 36.8 Å². The van der Waals surface area contributed by atoms with E-state index in [4.69, 9.17) is 14.6 Å². The van der Waals surface area contributed by atoms with Gasteiger partial charge in [-0.1, -0.05) is 66.7 Å². The Kier molecular flexibility index (Phi) is 9.77. The lowest BCUT2D eigenvalue weighted by atomic mass is 9.95. The average molecular weight is 424 g/mol. The average Bonchev–Trinajstić information content (AvgIpc) is 2.79. The van der Waals surface area contributed by atoms with Crippen molar-refractivity contribution in [2.75, 3.05) is 19.8 Å². The van der Waals surface area contributed by atoms with E-state index >= 15 is 0 Å². The lowest BCUT2D eigenvalue weighted by Crippen LogP contribution is -2.31. The monoisotopic (exact) mass is 423 g/mol. The van der Waals surface area contributed by atoms with Gasteiger partial charge in [-0.15, -0.1) is 0 Å². The Hall–Kier alpha value is -2.47. The van der Waals surface area contributed by atoms with Crippen LogP contribution in [0.5, 0.6) is 0 Å². The fraction of sp³-hybridized carbons (Fsp3) is 0.423. The second-order valence-electron chi connectivity index (χ2n) is 8.03. The number of carboxylic acid groups (broad SMARTS) is 1. The molecule has 0 aromatic heterocycles. The van der Waals surface area contributed by atoms with Gasteiger partial charge in [-0.2, -0.15) is 0 Å². The fourth-order valence-corrected chi connectivity index (χ4v) is 3.95. The van der Waals surface area contributed by atoms with E-state index in [1.807, 2.05) is 0 Å². The number of nitrogens with zero attached hydrogens (tertiary/aromatic N) is 1. The molecule has 0 heterocycles. The number of carbonyl (C=O) groups is 1. The minimum atomic E-state index is -0.936. The molecule has 0 amide bonds. The van der Waals surface area contributed by atoms with Crippen LogP contribution in [0.2, 0.25) is 0 Å². The van der Waals surface area contributed by atoms with Crippen molar-refractivity contribution >= 4 is 5.97 Å². The molecule has 0 aliphatic heterocycles. The van der Waals surface area contributed by atoms with E-state index in [9.17, 15) is 4.79 Å². The van der Waals surface area contributed by atoms with E-state index in [1.54, 1.807) is 6.08 Å². The maximum Gasteiger partial charge on any atom is 0.328 e. The molecule has 0 radical (unpaired) electrons. The van der Waals surface area contributed by atoms with Crippen molar-refractivity contribution < 1.29 is 19.4 Å². The van der Waals surface area contributed by atoms with Gasteiger partial charge in [0, 0.05) is 25.7 Å². The Morgan fingerprint density at radius 3 is 1.90 bits per heavy atom. The van der Waals surface area contributed by atoms with Crippen LogP contribution in [0.15, 0.2) is 72.8 Å². The minimum absolute atomic E-state index is 0.200. The van der Waals surface area contributed by atoms with Crippen LogP contribution < -0.4 is 0 Å². The number of hydrogen-bond donors (Lipinski definition) is 1. The van der Waals surface area contributed by atoms with E-state index < -0.39 is 5.97 Å². The minimum Gasteiger partial charge on any atom is -0.478 e. The summed E-state index contributed by atoms with van der Waals surface area (Å²) in [7, 11) is 0. The van der Waals surface area contributed by atoms with Crippen LogP contribution in [0.4, 0.5) is 0 Å². The summed E-state index contributed by atoms with van der Waals surface area (Å²) in [6.45, 7) is 3.78. The van der Waals surface area contributed by atoms with E-state index in [1.165, 1.54) is 11.1 Å². The Labute approximate surface area is 185 Å². The molecule has 2 aromatic carbocycles. The van der Waals surface area contributed by atoms with E-state index in [0.29, 0.717) is 6.61 Å². The highest BCUT2D eigenvalue weighted by molar-refractivity contribution is 5.79. The van der Waals surface area contributed by atoms with Crippen molar-refractivity contribution in [2.24, 2.45) is 0 Å². The highest BCUT2D eigenvalue weighted by atomic mass is 16.5. The van der Waals surface area contributed by atoms with Gasteiger partial charge >= 0.3 is 5.97 Å². The zero-order valence-corrected chi connectivity index (χ0v) is 18.1. The first-order valence-corrected chi connectivity index (χ1v) is 11.1. The van der Waals surface area contributed by atoms with Gasteiger partial charge in [-0.25, -0.2) is 4.79 Å². The molecule has 0 spiro atoms. The van der Waals surface area contributed by atoms with Gasteiger partial charge in [0.2, 0.25) is 0 Å². The smallest absolute Gasteiger partial charge is 0.328 e. The van der Waals surface area contributed by atoms with Crippen LogP contribution in [-0.2, 0) is 27.4 Å². The van der Waals surface area contributed by atoms with Crippen molar-refractivity contribution in [2.45, 2.75) is 51.0 Å². The number of aliphatic carboxylic acids is 1. The molecule has 3 rings (SSSR count). The molecule has 0 unspecified atom stereocenters.